The number of aliphatic hydroxyl groups is 1. The second-order valence-electron chi connectivity index (χ2n) is 5.06. The molecule has 1 aromatic carbocycles. The molecule has 0 aliphatic rings. The molecule has 3 rings (SSSR count). The van der Waals surface area contributed by atoms with E-state index in [0.29, 0.717) is 6.54 Å². The number of hydrogen-bond donors (Lipinski definition) is 1. The van der Waals surface area contributed by atoms with Gasteiger partial charge in [-0.15, -0.1) is 0 Å². The van der Waals surface area contributed by atoms with Crippen molar-refractivity contribution in [3.8, 4) is 0 Å². The molecule has 0 fully saturated rings. The van der Waals surface area contributed by atoms with E-state index in [2.05, 4.69) is 39.9 Å². The van der Waals surface area contributed by atoms with Crippen LogP contribution in [-0.4, -0.2) is 28.1 Å². The summed E-state index contributed by atoms with van der Waals surface area (Å²) in [5, 5.41) is 14.7. The third-order valence-corrected chi connectivity index (χ3v) is 4.18. The van der Waals surface area contributed by atoms with E-state index < -0.39 is 0 Å². The van der Waals surface area contributed by atoms with Gasteiger partial charge in [-0.3, -0.25) is 9.88 Å². The molecule has 1 N–H and O–H groups in total. The summed E-state index contributed by atoms with van der Waals surface area (Å²) in [5.41, 5.74) is 3.35. The first-order valence-electron chi connectivity index (χ1n) is 7.04. The number of pyridine rings is 1. The number of aromatic nitrogens is 1. The zero-order valence-electron chi connectivity index (χ0n) is 11.8. The van der Waals surface area contributed by atoms with Gasteiger partial charge in [0, 0.05) is 25.0 Å². The molecule has 2 aromatic heterocycles. The molecule has 0 aliphatic heterocycles. The predicted molar refractivity (Wildman–Crippen MR) is 87.3 cm³/mol. The zero-order valence-corrected chi connectivity index (χ0v) is 12.6. The highest BCUT2D eigenvalue weighted by molar-refractivity contribution is 7.07. The number of hydrogen-bond acceptors (Lipinski definition) is 4. The summed E-state index contributed by atoms with van der Waals surface area (Å²) in [5.74, 6) is 0. The first kappa shape index (κ1) is 14.2. The average molecular weight is 298 g/mol. The van der Waals surface area contributed by atoms with Crippen molar-refractivity contribution in [2.24, 2.45) is 0 Å². The van der Waals surface area contributed by atoms with Gasteiger partial charge < -0.3 is 5.11 Å². The molecule has 3 nitrogen and oxygen atoms in total. The lowest BCUT2D eigenvalue weighted by molar-refractivity contribution is 0.183. The molecule has 3 aromatic rings. The molecule has 0 aliphatic carbocycles. The van der Waals surface area contributed by atoms with Gasteiger partial charge in [0.05, 0.1) is 17.8 Å². The third-order valence-electron chi connectivity index (χ3n) is 3.44. The lowest BCUT2D eigenvalue weighted by Gasteiger charge is -2.20. The van der Waals surface area contributed by atoms with Crippen LogP contribution in [-0.2, 0) is 13.1 Å². The summed E-state index contributed by atoms with van der Waals surface area (Å²) in [7, 11) is 0. The number of para-hydroxylation sites is 1. The molecule has 0 radical (unpaired) electrons. The second-order valence-corrected chi connectivity index (χ2v) is 5.84. The molecule has 0 spiro atoms. The first-order chi connectivity index (χ1) is 10.3. The lowest BCUT2D eigenvalue weighted by atomic mass is 10.2. The number of rotatable bonds is 6. The van der Waals surface area contributed by atoms with E-state index in [4.69, 9.17) is 4.98 Å². The molecule has 108 valence electrons. The minimum absolute atomic E-state index is 0.164. The fraction of sp³-hybridized carbons (Fsp3) is 0.235. The van der Waals surface area contributed by atoms with Gasteiger partial charge in [0.2, 0.25) is 0 Å². The van der Waals surface area contributed by atoms with Crippen molar-refractivity contribution in [3.63, 3.8) is 0 Å². The average Bonchev–Trinajstić information content (AvgIpc) is 3.00. The molecule has 0 atom stereocenters. The van der Waals surface area contributed by atoms with Crippen LogP contribution in [0.15, 0.2) is 53.2 Å². The van der Waals surface area contributed by atoms with E-state index >= 15 is 0 Å². The quantitative estimate of drug-likeness (QED) is 0.758. The van der Waals surface area contributed by atoms with Crippen molar-refractivity contribution in [1.82, 2.24) is 9.88 Å². The fourth-order valence-corrected chi connectivity index (χ4v) is 3.08. The van der Waals surface area contributed by atoms with Crippen LogP contribution in [0.1, 0.15) is 11.3 Å². The van der Waals surface area contributed by atoms with E-state index in [0.717, 1.165) is 29.7 Å². The highest BCUT2D eigenvalue weighted by Gasteiger charge is 2.08. The Kier molecular flexibility index (Phi) is 4.60. The van der Waals surface area contributed by atoms with Crippen LogP contribution >= 0.6 is 11.3 Å². The fourth-order valence-electron chi connectivity index (χ4n) is 2.42. The van der Waals surface area contributed by atoms with Crippen molar-refractivity contribution in [1.29, 1.82) is 0 Å². The van der Waals surface area contributed by atoms with Crippen LogP contribution in [0, 0.1) is 0 Å². The molecule has 0 amide bonds. The maximum Gasteiger partial charge on any atom is 0.0705 e. The largest absolute Gasteiger partial charge is 0.395 e. The summed E-state index contributed by atoms with van der Waals surface area (Å²) >= 11 is 1.70. The molecular weight excluding hydrogens is 280 g/mol. The van der Waals surface area contributed by atoms with Crippen LogP contribution in [0.5, 0.6) is 0 Å². The van der Waals surface area contributed by atoms with Gasteiger partial charge in [-0.1, -0.05) is 24.3 Å². The number of benzene rings is 1. The minimum atomic E-state index is 0.164. The Bertz CT molecular complexity index is 697. The van der Waals surface area contributed by atoms with Crippen LogP contribution in [0.4, 0.5) is 0 Å². The van der Waals surface area contributed by atoms with Gasteiger partial charge in [-0.25, -0.2) is 0 Å². The van der Waals surface area contributed by atoms with E-state index in [1.54, 1.807) is 11.3 Å². The number of thiophene rings is 1. The lowest BCUT2D eigenvalue weighted by Crippen LogP contribution is -2.26. The van der Waals surface area contributed by atoms with Crippen LogP contribution in [0.2, 0.25) is 0 Å². The highest BCUT2D eigenvalue weighted by Crippen LogP contribution is 2.15. The van der Waals surface area contributed by atoms with Gasteiger partial charge >= 0.3 is 0 Å². The smallest absolute Gasteiger partial charge is 0.0705 e. The van der Waals surface area contributed by atoms with Gasteiger partial charge in [-0.2, -0.15) is 11.3 Å². The normalized spacial score (nSPS) is 11.3. The van der Waals surface area contributed by atoms with Gasteiger partial charge in [0.1, 0.15) is 0 Å². The third kappa shape index (κ3) is 3.67. The van der Waals surface area contributed by atoms with Crippen molar-refractivity contribution < 1.29 is 5.11 Å². The van der Waals surface area contributed by atoms with Gasteiger partial charge in [-0.05, 0) is 34.5 Å². The van der Waals surface area contributed by atoms with Crippen molar-refractivity contribution in [2.75, 3.05) is 13.2 Å². The summed E-state index contributed by atoms with van der Waals surface area (Å²) < 4.78 is 0. The number of fused-ring (bicyclic) bond motifs is 1. The maximum absolute atomic E-state index is 9.26. The number of aliphatic hydroxyl groups excluding tert-OH is 1. The van der Waals surface area contributed by atoms with Crippen molar-refractivity contribution in [3.05, 3.63) is 64.5 Å². The second kappa shape index (κ2) is 6.80. The Hall–Kier alpha value is -1.75. The number of nitrogens with zero attached hydrogens (tertiary/aromatic N) is 2. The van der Waals surface area contributed by atoms with Crippen molar-refractivity contribution >= 4 is 22.2 Å². The summed E-state index contributed by atoms with van der Waals surface area (Å²) in [4.78, 5) is 6.93. The molecule has 2 heterocycles. The first-order valence-corrected chi connectivity index (χ1v) is 7.98. The van der Waals surface area contributed by atoms with E-state index in [-0.39, 0.29) is 6.61 Å². The molecule has 21 heavy (non-hydrogen) atoms. The van der Waals surface area contributed by atoms with Crippen LogP contribution in [0.3, 0.4) is 0 Å². The highest BCUT2D eigenvalue weighted by atomic mass is 32.1. The summed E-state index contributed by atoms with van der Waals surface area (Å²) in [6.45, 7) is 2.42. The zero-order chi connectivity index (χ0) is 14.5. The monoisotopic (exact) mass is 298 g/mol. The van der Waals surface area contributed by atoms with Crippen LogP contribution in [0.25, 0.3) is 10.9 Å². The predicted octanol–water partition coefficient (Wildman–Crippen LogP) is 3.29. The molecule has 0 saturated heterocycles. The molecule has 0 bridgehead atoms. The Balaban J connectivity index is 1.76. The van der Waals surface area contributed by atoms with Gasteiger partial charge in [0.25, 0.3) is 0 Å². The summed E-state index contributed by atoms with van der Waals surface area (Å²) in [6, 6.07) is 14.5. The van der Waals surface area contributed by atoms with Crippen molar-refractivity contribution in [2.45, 2.75) is 13.1 Å². The van der Waals surface area contributed by atoms with E-state index in [9.17, 15) is 5.11 Å². The van der Waals surface area contributed by atoms with E-state index in [1.165, 1.54) is 5.56 Å². The molecule has 0 saturated carbocycles. The molecule has 0 unspecified atom stereocenters. The minimum Gasteiger partial charge on any atom is -0.395 e. The van der Waals surface area contributed by atoms with Crippen LogP contribution < -0.4 is 0 Å². The Morgan fingerprint density at radius 3 is 2.76 bits per heavy atom. The standard InChI is InChI=1S/C17H18N2OS/c20-9-8-19(11-14-7-10-21-13-14)12-16-6-5-15-3-1-2-4-17(15)18-16/h1-7,10,13,20H,8-9,11-12H2. The van der Waals surface area contributed by atoms with E-state index in [1.807, 2.05) is 18.2 Å². The SMILES string of the molecule is OCCN(Cc1ccsc1)Cc1ccc2ccccc2n1. The Labute approximate surface area is 128 Å². The molecular formula is C17H18N2OS. The maximum atomic E-state index is 9.26. The van der Waals surface area contributed by atoms with Gasteiger partial charge in [0.15, 0.2) is 0 Å². The Morgan fingerprint density at radius 2 is 1.95 bits per heavy atom. The Morgan fingerprint density at radius 1 is 1.05 bits per heavy atom. The summed E-state index contributed by atoms with van der Waals surface area (Å²) in [6.07, 6.45) is 0. The molecule has 4 heteroatoms. The topological polar surface area (TPSA) is 36.4 Å².